The topological polar surface area (TPSA) is 63.4 Å². The fourth-order valence-corrected chi connectivity index (χ4v) is 3.15. The normalized spacial score (nSPS) is 11.6. The van der Waals surface area contributed by atoms with E-state index in [2.05, 4.69) is 25.7 Å². The molecule has 1 aromatic rings. The molecule has 0 amide bonds. The highest BCUT2D eigenvalue weighted by atomic mass is 32.2. The molecule has 1 rings (SSSR count). The van der Waals surface area contributed by atoms with E-state index in [1.807, 2.05) is 6.92 Å². The first-order valence-electron chi connectivity index (χ1n) is 7.05. The molecule has 0 atom stereocenters. The van der Waals surface area contributed by atoms with Crippen molar-refractivity contribution in [2.45, 2.75) is 32.1 Å². The highest BCUT2D eigenvalue weighted by Gasteiger charge is 2.23. The van der Waals surface area contributed by atoms with Gasteiger partial charge < -0.3 is 5.73 Å². The Labute approximate surface area is 128 Å². The van der Waals surface area contributed by atoms with Crippen molar-refractivity contribution in [1.29, 1.82) is 0 Å². The van der Waals surface area contributed by atoms with Crippen LogP contribution in [0.2, 0.25) is 0 Å². The van der Waals surface area contributed by atoms with Crippen molar-refractivity contribution in [2.24, 2.45) is 11.7 Å². The fraction of sp³-hybridized carbons (Fsp3) is 0.500. The summed E-state index contributed by atoms with van der Waals surface area (Å²) in [4.78, 5) is 0.250. The van der Waals surface area contributed by atoms with Crippen LogP contribution >= 0.6 is 0 Å². The van der Waals surface area contributed by atoms with Crippen LogP contribution in [-0.2, 0) is 10.0 Å². The van der Waals surface area contributed by atoms with E-state index in [0.29, 0.717) is 18.0 Å². The number of hydrogen-bond acceptors (Lipinski definition) is 3. The van der Waals surface area contributed by atoms with Gasteiger partial charge in [-0.25, -0.2) is 12.7 Å². The van der Waals surface area contributed by atoms with E-state index in [-0.39, 0.29) is 11.4 Å². The number of aryl methyl sites for hydroxylation is 1. The molecule has 0 aliphatic heterocycles. The van der Waals surface area contributed by atoms with Gasteiger partial charge in [-0.2, -0.15) is 0 Å². The Bertz CT molecular complexity index is 640. The molecule has 0 aliphatic carbocycles. The molecule has 0 aliphatic rings. The predicted molar refractivity (Wildman–Crippen MR) is 86.4 cm³/mol. The van der Waals surface area contributed by atoms with Gasteiger partial charge >= 0.3 is 0 Å². The van der Waals surface area contributed by atoms with Crippen LogP contribution in [0.1, 0.15) is 31.4 Å². The molecule has 0 aromatic heterocycles. The number of hydrogen-bond donors (Lipinski definition) is 1. The lowest BCUT2D eigenvalue weighted by Gasteiger charge is -2.19. The van der Waals surface area contributed by atoms with Gasteiger partial charge in [0.05, 0.1) is 11.4 Å². The van der Waals surface area contributed by atoms with Gasteiger partial charge in [0.2, 0.25) is 10.0 Å². The minimum Gasteiger partial charge on any atom is -0.320 e. The second-order valence-electron chi connectivity index (χ2n) is 5.51. The zero-order valence-electron chi connectivity index (χ0n) is 13.2. The smallest absolute Gasteiger partial charge is 0.244 e. The van der Waals surface area contributed by atoms with Crippen LogP contribution in [0.15, 0.2) is 23.1 Å². The number of nitrogens with zero attached hydrogens (tertiary/aromatic N) is 1. The molecular weight excluding hydrogens is 284 g/mol. The van der Waals surface area contributed by atoms with Gasteiger partial charge in [0.25, 0.3) is 0 Å². The van der Waals surface area contributed by atoms with E-state index in [9.17, 15) is 8.42 Å². The summed E-state index contributed by atoms with van der Waals surface area (Å²) in [7, 11) is -1.91. The third kappa shape index (κ3) is 4.85. The standard InChI is InChI=1S/C16H24N2O2S/c1-13(2)9-11-18(4)21(19,20)16-8-7-14(3)12-15(16)6-5-10-17/h7-8,12-13H,9-11,17H2,1-4H3. The molecule has 4 nitrogen and oxygen atoms in total. The zero-order valence-corrected chi connectivity index (χ0v) is 14.0. The van der Waals surface area contributed by atoms with Crippen LogP contribution in [0.5, 0.6) is 0 Å². The van der Waals surface area contributed by atoms with Crippen molar-refractivity contribution in [3.05, 3.63) is 29.3 Å². The maximum absolute atomic E-state index is 12.7. The predicted octanol–water partition coefficient (Wildman–Crippen LogP) is 1.97. The minimum atomic E-state index is -3.52. The zero-order chi connectivity index (χ0) is 16.0. The Hall–Kier alpha value is -1.35. The van der Waals surface area contributed by atoms with Crippen LogP contribution in [0.3, 0.4) is 0 Å². The Kier molecular flexibility index (Phi) is 6.41. The van der Waals surface area contributed by atoms with Crippen molar-refractivity contribution in [3.8, 4) is 11.8 Å². The number of benzene rings is 1. The molecule has 0 saturated heterocycles. The highest BCUT2D eigenvalue weighted by molar-refractivity contribution is 7.89. The van der Waals surface area contributed by atoms with Gasteiger partial charge in [-0.3, -0.25) is 0 Å². The summed E-state index contributed by atoms with van der Waals surface area (Å²) in [6.45, 7) is 6.76. The van der Waals surface area contributed by atoms with Crippen molar-refractivity contribution >= 4 is 10.0 Å². The molecule has 5 heteroatoms. The lowest BCUT2D eigenvalue weighted by Crippen LogP contribution is -2.29. The third-order valence-corrected chi connectivity index (χ3v) is 5.08. The number of nitrogens with two attached hydrogens (primary N) is 1. The lowest BCUT2D eigenvalue weighted by molar-refractivity contribution is 0.428. The summed E-state index contributed by atoms with van der Waals surface area (Å²) in [6, 6.07) is 5.19. The van der Waals surface area contributed by atoms with E-state index in [1.165, 1.54) is 4.31 Å². The Morgan fingerprint density at radius 3 is 2.57 bits per heavy atom. The molecule has 0 unspecified atom stereocenters. The summed E-state index contributed by atoms with van der Waals surface area (Å²) in [5, 5.41) is 0. The molecule has 0 spiro atoms. The largest absolute Gasteiger partial charge is 0.320 e. The van der Waals surface area contributed by atoms with Gasteiger partial charge in [0.1, 0.15) is 0 Å². The summed E-state index contributed by atoms with van der Waals surface area (Å²) in [6.07, 6.45) is 0.825. The Balaban J connectivity index is 3.18. The van der Waals surface area contributed by atoms with Crippen LogP contribution in [0.25, 0.3) is 0 Å². The SMILES string of the molecule is Cc1ccc(S(=O)(=O)N(C)CCC(C)C)c(C#CCN)c1. The van der Waals surface area contributed by atoms with Gasteiger partial charge in [-0.05, 0) is 37.0 Å². The number of rotatable bonds is 5. The summed E-state index contributed by atoms with van der Waals surface area (Å²) in [5.41, 5.74) is 6.86. The average molecular weight is 308 g/mol. The second-order valence-corrected chi connectivity index (χ2v) is 7.53. The van der Waals surface area contributed by atoms with E-state index in [1.54, 1.807) is 25.2 Å². The van der Waals surface area contributed by atoms with Crippen molar-refractivity contribution < 1.29 is 8.42 Å². The molecule has 116 valence electrons. The number of sulfonamides is 1. The second kappa shape index (κ2) is 7.60. The Morgan fingerprint density at radius 2 is 2.00 bits per heavy atom. The van der Waals surface area contributed by atoms with Crippen molar-refractivity contribution in [3.63, 3.8) is 0 Å². The van der Waals surface area contributed by atoms with Gasteiger partial charge in [0.15, 0.2) is 0 Å². The fourth-order valence-electron chi connectivity index (χ4n) is 1.84. The first-order valence-corrected chi connectivity index (χ1v) is 8.49. The minimum absolute atomic E-state index is 0.205. The third-order valence-electron chi connectivity index (χ3n) is 3.17. The molecule has 0 fully saturated rings. The summed E-state index contributed by atoms with van der Waals surface area (Å²) < 4.78 is 26.7. The molecule has 21 heavy (non-hydrogen) atoms. The van der Waals surface area contributed by atoms with Crippen LogP contribution in [-0.4, -0.2) is 32.9 Å². The summed E-state index contributed by atoms with van der Waals surface area (Å²) in [5.74, 6) is 6.04. The highest BCUT2D eigenvalue weighted by Crippen LogP contribution is 2.21. The molecule has 0 saturated carbocycles. The molecule has 1 aromatic carbocycles. The molecular formula is C16H24N2O2S. The van der Waals surface area contributed by atoms with E-state index < -0.39 is 10.0 Å². The first kappa shape index (κ1) is 17.7. The van der Waals surface area contributed by atoms with Gasteiger partial charge in [-0.15, -0.1) is 0 Å². The van der Waals surface area contributed by atoms with Gasteiger partial charge in [0, 0.05) is 19.2 Å². The molecule has 0 radical (unpaired) electrons. The average Bonchev–Trinajstić information content (AvgIpc) is 2.42. The lowest BCUT2D eigenvalue weighted by atomic mass is 10.1. The van der Waals surface area contributed by atoms with Gasteiger partial charge in [-0.1, -0.05) is 31.8 Å². The summed E-state index contributed by atoms with van der Waals surface area (Å²) >= 11 is 0. The van der Waals surface area contributed by atoms with Crippen LogP contribution < -0.4 is 5.73 Å². The van der Waals surface area contributed by atoms with Crippen LogP contribution in [0.4, 0.5) is 0 Å². The van der Waals surface area contributed by atoms with Crippen molar-refractivity contribution in [2.75, 3.05) is 20.1 Å². The Morgan fingerprint density at radius 1 is 1.33 bits per heavy atom. The maximum Gasteiger partial charge on any atom is 0.244 e. The van der Waals surface area contributed by atoms with Crippen LogP contribution in [0, 0.1) is 24.7 Å². The molecule has 2 N–H and O–H groups in total. The first-order chi connectivity index (χ1) is 9.78. The maximum atomic E-state index is 12.7. The van der Waals surface area contributed by atoms with E-state index >= 15 is 0 Å². The van der Waals surface area contributed by atoms with E-state index in [4.69, 9.17) is 5.73 Å². The van der Waals surface area contributed by atoms with Crippen molar-refractivity contribution in [1.82, 2.24) is 4.31 Å². The van der Waals surface area contributed by atoms with E-state index in [0.717, 1.165) is 12.0 Å². The molecule has 0 bridgehead atoms. The monoisotopic (exact) mass is 308 g/mol. The molecule has 0 heterocycles. The quantitative estimate of drug-likeness (QED) is 0.846.